The highest BCUT2D eigenvalue weighted by molar-refractivity contribution is 5.99. The summed E-state index contributed by atoms with van der Waals surface area (Å²) in [7, 11) is 0. The minimum atomic E-state index is -0.769. The molecular formula is C25H28N4O5. The Morgan fingerprint density at radius 3 is 2.24 bits per heavy atom. The van der Waals surface area contributed by atoms with Gasteiger partial charge in [0.2, 0.25) is 11.8 Å². The van der Waals surface area contributed by atoms with Crippen molar-refractivity contribution in [3.8, 4) is 17.4 Å². The largest absolute Gasteiger partial charge is 0.508 e. The van der Waals surface area contributed by atoms with E-state index in [1.54, 1.807) is 53.4 Å². The molecule has 34 heavy (non-hydrogen) atoms. The molecule has 2 heterocycles. The summed E-state index contributed by atoms with van der Waals surface area (Å²) in [6.45, 7) is 4.72. The number of fused-ring (bicyclic) bond motifs is 1. The first-order chi connectivity index (χ1) is 16.3. The van der Waals surface area contributed by atoms with Crippen LogP contribution in [0.5, 0.6) is 17.4 Å². The molecule has 1 aliphatic heterocycles. The van der Waals surface area contributed by atoms with Crippen molar-refractivity contribution in [1.29, 1.82) is 0 Å². The summed E-state index contributed by atoms with van der Waals surface area (Å²) in [5.41, 5.74) is 0.747. The zero-order valence-electron chi connectivity index (χ0n) is 19.1. The highest BCUT2D eigenvalue weighted by Gasteiger charge is 2.33. The molecule has 2 aromatic carbocycles. The molecule has 0 spiro atoms. The normalized spacial score (nSPS) is 15.3. The van der Waals surface area contributed by atoms with Crippen molar-refractivity contribution in [2.45, 2.75) is 38.8 Å². The van der Waals surface area contributed by atoms with Crippen LogP contribution in [0.2, 0.25) is 0 Å². The van der Waals surface area contributed by atoms with Crippen LogP contribution in [0.1, 0.15) is 37.2 Å². The van der Waals surface area contributed by atoms with Crippen LogP contribution in [-0.2, 0) is 4.79 Å². The van der Waals surface area contributed by atoms with Crippen LogP contribution in [-0.4, -0.2) is 62.1 Å². The maximum absolute atomic E-state index is 13.3. The SMILES string of the molecule is CC(C)[C@H](NC(=O)c1nc2ccccc2nc1O)C(=O)N1CCC(Oc2ccc(O)cc2)CC1. The van der Waals surface area contributed by atoms with Gasteiger partial charge in [-0.1, -0.05) is 26.0 Å². The highest BCUT2D eigenvalue weighted by Crippen LogP contribution is 2.23. The van der Waals surface area contributed by atoms with Gasteiger partial charge in [-0.3, -0.25) is 9.59 Å². The summed E-state index contributed by atoms with van der Waals surface area (Å²) in [6.07, 6.45) is 1.27. The second kappa shape index (κ2) is 9.94. The topological polar surface area (TPSA) is 125 Å². The van der Waals surface area contributed by atoms with E-state index >= 15 is 0 Å². The van der Waals surface area contributed by atoms with Gasteiger partial charge in [-0.2, -0.15) is 0 Å². The van der Waals surface area contributed by atoms with Gasteiger partial charge in [-0.15, -0.1) is 0 Å². The van der Waals surface area contributed by atoms with Crippen molar-refractivity contribution in [3.63, 3.8) is 0 Å². The number of phenols is 1. The number of piperidine rings is 1. The number of rotatable bonds is 6. The second-order valence-corrected chi connectivity index (χ2v) is 8.72. The number of carbonyl (C=O) groups is 2. The number of para-hydroxylation sites is 2. The molecule has 9 heteroatoms. The van der Waals surface area contributed by atoms with E-state index in [1.807, 2.05) is 13.8 Å². The van der Waals surface area contributed by atoms with E-state index in [-0.39, 0.29) is 29.4 Å². The van der Waals surface area contributed by atoms with Crippen LogP contribution in [0.3, 0.4) is 0 Å². The molecule has 178 valence electrons. The fraction of sp³-hybridized carbons (Fsp3) is 0.360. The maximum Gasteiger partial charge on any atom is 0.276 e. The molecule has 1 atom stereocenters. The Morgan fingerprint density at radius 1 is 1.00 bits per heavy atom. The number of aromatic nitrogens is 2. The summed E-state index contributed by atoms with van der Waals surface area (Å²) in [6, 6.07) is 12.7. The van der Waals surface area contributed by atoms with Gasteiger partial charge in [0.25, 0.3) is 5.91 Å². The van der Waals surface area contributed by atoms with Gasteiger partial charge in [-0.25, -0.2) is 9.97 Å². The van der Waals surface area contributed by atoms with Crippen molar-refractivity contribution >= 4 is 22.8 Å². The van der Waals surface area contributed by atoms with Crippen LogP contribution < -0.4 is 10.1 Å². The maximum atomic E-state index is 13.3. The third-order valence-corrected chi connectivity index (χ3v) is 5.88. The van der Waals surface area contributed by atoms with Crippen molar-refractivity contribution < 1.29 is 24.5 Å². The number of aromatic hydroxyl groups is 2. The predicted octanol–water partition coefficient (Wildman–Crippen LogP) is 2.87. The van der Waals surface area contributed by atoms with E-state index in [2.05, 4.69) is 15.3 Å². The molecule has 3 aromatic rings. The van der Waals surface area contributed by atoms with Gasteiger partial charge in [0.1, 0.15) is 23.6 Å². The number of ether oxygens (including phenoxy) is 1. The zero-order chi connectivity index (χ0) is 24.2. The minimum Gasteiger partial charge on any atom is -0.508 e. The van der Waals surface area contributed by atoms with Crippen LogP contribution in [0, 0.1) is 5.92 Å². The van der Waals surface area contributed by atoms with Gasteiger partial charge >= 0.3 is 0 Å². The molecule has 0 aliphatic carbocycles. The van der Waals surface area contributed by atoms with Gasteiger partial charge in [0, 0.05) is 25.9 Å². The third kappa shape index (κ3) is 5.19. The van der Waals surface area contributed by atoms with E-state index in [4.69, 9.17) is 4.74 Å². The molecule has 9 nitrogen and oxygen atoms in total. The quantitative estimate of drug-likeness (QED) is 0.512. The average Bonchev–Trinajstić information content (AvgIpc) is 2.83. The molecular weight excluding hydrogens is 436 g/mol. The first-order valence-corrected chi connectivity index (χ1v) is 11.3. The lowest BCUT2D eigenvalue weighted by Crippen LogP contribution is -2.53. The van der Waals surface area contributed by atoms with Crippen LogP contribution in [0.25, 0.3) is 11.0 Å². The van der Waals surface area contributed by atoms with Gasteiger partial charge < -0.3 is 25.2 Å². The number of amides is 2. The summed E-state index contributed by atoms with van der Waals surface area (Å²) >= 11 is 0. The molecule has 1 aromatic heterocycles. The Balaban J connectivity index is 1.39. The lowest BCUT2D eigenvalue weighted by atomic mass is 10.00. The monoisotopic (exact) mass is 464 g/mol. The molecule has 4 rings (SSSR count). The molecule has 0 saturated carbocycles. The lowest BCUT2D eigenvalue weighted by molar-refractivity contribution is -0.136. The first kappa shape index (κ1) is 23.3. The lowest BCUT2D eigenvalue weighted by Gasteiger charge is -2.35. The molecule has 0 bridgehead atoms. The average molecular weight is 465 g/mol. The number of hydrogen-bond donors (Lipinski definition) is 3. The van der Waals surface area contributed by atoms with Crippen molar-refractivity contribution in [2.75, 3.05) is 13.1 Å². The van der Waals surface area contributed by atoms with Crippen LogP contribution >= 0.6 is 0 Å². The highest BCUT2D eigenvalue weighted by atomic mass is 16.5. The van der Waals surface area contributed by atoms with E-state index in [1.165, 1.54) is 0 Å². The smallest absolute Gasteiger partial charge is 0.276 e. The van der Waals surface area contributed by atoms with Crippen LogP contribution in [0.4, 0.5) is 0 Å². The number of carbonyl (C=O) groups excluding carboxylic acids is 2. The summed E-state index contributed by atoms with van der Waals surface area (Å²) < 4.78 is 5.96. The molecule has 1 saturated heterocycles. The first-order valence-electron chi connectivity index (χ1n) is 11.3. The molecule has 2 amide bonds. The Kier molecular flexibility index (Phi) is 6.81. The number of nitrogens with zero attached hydrogens (tertiary/aromatic N) is 3. The van der Waals surface area contributed by atoms with Gasteiger partial charge in [0.05, 0.1) is 11.0 Å². The van der Waals surface area contributed by atoms with Gasteiger partial charge in [0.15, 0.2) is 5.69 Å². The Hall–Kier alpha value is -3.88. The fourth-order valence-electron chi connectivity index (χ4n) is 3.97. The van der Waals surface area contributed by atoms with E-state index < -0.39 is 17.8 Å². The second-order valence-electron chi connectivity index (χ2n) is 8.72. The third-order valence-electron chi connectivity index (χ3n) is 5.88. The summed E-state index contributed by atoms with van der Waals surface area (Å²) in [5, 5.41) is 22.4. The molecule has 1 aliphatic rings. The predicted molar refractivity (Wildman–Crippen MR) is 126 cm³/mol. The Bertz CT molecular complexity index is 1170. The van der Waals surface area contributed by atoms with E-state index in [9.17, 15) is 19.8 Å². The van der Waals surface area contributed by atoms with E-state index in [0.29, 0.717) is 42.7 Å². The van der Waals surface area contributed by atoms with Crippen molar-refractivity contribution in [3.05, 3.63) is 54.2 Å². The van der Waals surface area contributed by atoms with Gasteiger partial charge in [-0.05, 0) is 42.3 Å². The fourth-order valence-corrected chi connectivity index (χ4v) is 3.97. The standard InChI is InChI=1S/C25H28N4O5/c1-15(2)21(28-24(32)22-23(31)27-20-6-4-3-5-19(20)26-22)25(33)29-13-11-18(12-14-29)34-17-9-7-16(30)8-10-17/h3-10,15,18,21,30H,11-14H2,1-2H3,(H,27,31)(H,28,32)/t21-/m0/s1. The summed E-state index contributed by atoms with van der Waals surface area (Å²) in [4.78, 5) is 36.2. The van der Waals surface area contributed by atoms with Crippen LogP contribution in [0.15, 0.2) is 48.5 Å². The van der Waals surface area contributed by atoms with E-state index in [0.717, 1.165) is 0 Å². The molecule has 0 radical (unpaired) electrons. The molecule has 1 fully saturated rings. The zero-order valence-corrected chi connectivity index (χ0v) is 19.1. The van der Waals surface area contributed by atoms with Crippen molar-refractivity contribution in [1.82, 2.24) is 20.2 Å². The minimum absolute atomic E-state index is 0.0366. The molecule has 3 N–H and O–H groups in total. The number of hydrogen-bond acceptors (Lipinski definition) is 7. The number of benzene rings is 2. The number of nitrogens with one attached hydrogen (secondary N) is 1. The Labute approximate surface area is 197 Å². The van der Waals surface area contributed by atoms with Crippen molar-refractivity contribution in [2.24, 2.45) is 5.92 Å². The number of likely N-dealkylation sites (tertiary alicyclic amines) is 1. The summed E-state index contributed by atoms with van der Waals surface area (Å²) in [5.74, 6) is -0.618. The Morgan fingerprint density at radius 2 is 1.62 bits per heavy atom. The molecule has 0 unspecified atom stereocenters. The number of phenolic OH excluding ortho intramolecular Hbond substituents is 1.